The summed E-state index contributed by atoms with van der Waals surface area (Å²) in [7, 11) is 1.76. The molecule has 23 heavy (non-hydrogen) atoms. The number of carbonyl (C=O) groups excluding carboxylic acids is 1. The van der Waals surface area contributed by atoms with E-state index in [0.29, 0.717) is 18.8 Å². The van der Waals surface area contributed by atoms with Crippen LogP contribution in [0, 0.1) is 6.92 Å². The van der Waals surface area contributed by atoms with Gasteiger partial charge in [0.1, 0.15) is 23.7 Å². The molecule has 0 fully saturated rings. The number of benzene rings is 1. The molecule has 1 aromatic carbocycles. The van der Waals surface area contributed by atoms with Crippen molar-refractivity contribution in [3.05, 3.63) is 66.1 Å². The lowest BCUT2D eigenvalue weighted by Gasteiger charge is -2.16. The fourth-order valence-electron chi connectivity index (χ4n) is 2.37. The molecule has 0 saturated carbocycles. The molecule has 0 atom stereocenters. The number of fused-ring (bicyclic) bond motifs is 1. The first-order chi connectivity index (χ1) is 11.1. The van der Waals surface area contributed by atoms with Crippen LogP contribution in [0.4, 0.5) is 0 Å². The molecule has 3 rings (SSSR count). The molecule has 0 radical (unpaired) electrons. The van der Waals surface area contributed by atoms with Gasteiger partial charge in [0.05, 0.1) is 6.54 Å². The summed E-state index contributed by atoms with van der Waals surface area (Å²) in [6.45, 7) is 2.93. The zero-order chi connectivity index (χ0) is 16.2. The monoisotopic (exact) mass is 309 g/mol. The largest absolute Gasteiger partial charge is 0.492 e. The second-order valence-electron chi connectivity index (χ2n) is 5.41. The van der Waals surface area contributed by atoms with E-state index in [1.54, 1.807) is 18.1 Å². The second kappa shape index (κ2) is 6.52. The van der Waals surface area contributed by atoms with Crippen molar-refractivity contribution in [2.45, 2.75) is 6.92 Å². The molecule has 5 nitrogen and oxygen atoms in total. The van der Waals surface area contributed by atoms with Crippen LogP contribution >= 0.6 is 0 Å². The molecule has 0 bridgehead atoms. The molecular weight excluding hydrogens is 290 g/mol. The Balaban J connectivity index is 1.63. The molecule has 118 valence electrons. The quantitative estimate of drug-likeness (QED) is 0.728. The first-order valence-corrected chi connectivity index (χ1v) is 7.53. The summed E-state index contributed by atoms with van der Waals surface area (Å²) < 4.78 is 7.54. The Hall–Kier alpha value is -2.82. The lowest BCUT2D eigenvalue weighted by Crippen LogP contribution is -2.31. The number of ether oxygens (including phenoxy) is 1. The Labute approximate surface area is 135 Å². The maximum absolute atomic E-state index is 12.5. The molecule has 1 amide bonds. The third-order valence-electron chi connectivity index (χ3n) is 3.70. The van der Waals surface area contributed by atoms with Crippen molar-refractivity contribution in [2.24, 2.45) is 0 Å². The van der Waals surface area contributed by atoms with Gasteiger partial charge in [-0.25, -0.2) is 4.98 Å². The minimum absolute atomic E-state index is 0.107. The van der Waals surface area contributed by atoms with Gasteiger partial charge < -0.3 is 14.0 Å². The molecule has 0 aliphatic heterocycles. The van der Waals surface area contributed by atoms with Gasteiger partial charge in [-0.15, -0.1) is 0 Å². The predicted molar refractivity (Wildman–Crippen MR) is 88.8 cm³/mol. The van der Waals surface area contributed by atoms with Crippen LogP contribution in [0.5, 0.6) is 5.75 Å². The van der Waals surface area contributed by atoms with Gasteiger partial charge in [0.15, 0.2) is 0 Å². The third-order valence-corrected chi connectivity index (χ3v) is 3.70. The number of pyridine rings is 1. The number of carbonyl (C=O) groups is 1. The van der Waals surface area contributed by atoms with Crippen molar-refractivity contribution in [2.75, 3.05) is 20.2 Å². The highest BCUT2D eigenvalue weighted by Crippen LogP contribution is 2.11. The van der Waals surface area contributed by atoms with E-state index < -0.39 is 0 Å². The number of nitrogens with zero attached hydrogens (tertiary/aromatic N) is 3. The number of imidazole rings is 1. The van der Waals surface area contributed by atoms with Gasteiger partial charge in [0.2, 0.25) is 0 Å². The lowest BCUT2D eigenvalue weighted by atomic mass is 10.3. The normalized spacial score (nSPS) is 10.7. The minimum Gasteiger partial charge on any atom is -0.492 e. The van der Waals surface area contributed by atoms with Gasteiger partial charge in [-0.3, -0.25) is 4.79 Å². The molecule has 0 unspecified atom stereocenters. The summed E-state index contributed by atoms with van der Waals surface area (Å²) in [5.41, 5.74) is 2.27. The van der Waals surface area contributed by atoms with Crippen LogP contribution in [0.15, 0.2) is 54.7 Å². The summed E-state index contributed by atoms with van der Waals surface area (Å²) in [5.74, 6) is 0.696. The average Bonchev–Trinajstić information content (AvgIpc) is 3.00. The van der Waals surface area contributed by atoms with Crippen LogP contribution in [0.1, 0.15) is 16.2 Å². The zero-order valence-corrected chi connectivity index (χ0v) is 13.3. The minimum atomic E-state index is -0.107. The van der Waals surface area contributed by atoms with E-state index in [1.165, 1.54) is 0 Å². The van der Waals surface area contributed by atoms with Crippen molar-refractivity contribution < 1.29 is 9.53 Å². The molecule has 0 aliphatic carbocycles. The Morgan fingerprint density at radius 2 is 1.96 bits per heavy atom. The SMILES string of the molecule is Cc1cccc2nc(C(=O)N(C)CCOc3ccccc3)cn12. The van der Waals surface area contributed by atoms with Crippen LogP contribution in [0.2, 0.25) is 0 Å². The van der Waals surface area contributed by atoms with E-state index in [-0.39, 0.29) is 5.91 Å². The highest BCUT2D eigenvalue weighted by Gasteiger charge is 2.15. The molecule has 0 N–H and O–H groups in total. The molecule has 2 heterocycles. The number of hydrogen-bond donors (Lipinski definition) is 0. The van der Waals surface area contributed by atoms with Crippen molar-refractivity contribution in [1.29, 1.82) is 0 Å². The maximum Gasteiger partial charge on any atom is 0.273 e. The number of aromatic nitrogens is 2. The molecule has 0 spiro atoms. The van der Waals surface area contributed by atoms with Crippen LogP contribution in [0.25, 0.3) is 5.65 Å². The number of para-hydroxylation sites is 1. The van der Waals surface area contributed by atoms with Crippen LogP contribution in [-0.4, -0.2) is 40.4 Å². The molecule has 3 aromatic rings. The van der Waals surface area contributed by atoms with Gasteiger partial charge in [-0.05, 0) is 31.2 Å². The highest BCUT2D eigenvalue weighted by atomic mass is 16.5. The van der Waals surface area contributed by atoms with Crippen LogP contribution < -0.4 is 4.74 Å². The van der Waals surface area contributed by atoms with E-state index in [2.05, 4.69) is 4.98 Å². The van der Waals surface area contributed by atoms with E-state index in [4.69, 9.17) is 4.74 Å². The van der Waals surface area contributed by atoms with Gasteiger partial charge in [0, 0.05) is 18.9 Å². The van der Waals surface area contributed by atoms with Crippen LogP contribution in [-0.2, 0) is 0 Å². The van der Waals surface area contributed by atoms with E-state index >= 15 is 0 Å². The van der Waals surface area contributed by atoms with E-state index in [0.717, 1.165) is 17.1 Å². The summed E-state index contributed by atoms with van der Waals surface area (Å²) in [4.78, 5) is 18.5. The number of amides is 1. The van der Waals surface area contributed by atoms with Crippen LogP contribution in [0.3, 0.4) is 0 Å². The molecule has 2 aromatic heterocycles. The maximum atomic E-state index is 12.5. The topological polar surface area (TPSA) is 46.8 Å². The number of aryl methyl sites for hydroxylation is 1. The lowest BCUT2D eigenvalue weighted by molar-refractivity contribution is 0.0768. The average molecular weight is 309 g/mol. The zero-order valence-electron chi connectivity index (χ0n) is 13.3. The Morgan fingerprint density at radius 3 is 2.70 bits per heavy atom. The third kappa shape index (κ3) is 3.34. The summed E-state index contributed by atoms with van der Waals surface area (Å²) in [5, 5.41) is 0. The molecule has 0 saturated heterocycles. The first-order valence-electron chi connectivity index (χ1n) is 7.53. The summed E-state index contributed by atoms with van der Waals surface area (Å²) in [6.07, 6.45) is 1.78. The van der Waals surface area contributed by atoms with Gasteiger partial charge in [0.25, 0.3) is 5.91 Å². The van der Waals surface area contributed by atoms with E-state index in [1.807, 2.05) is 59.9 Å². The van der Waals surface area contributed by atoms with Crippen molar-refractivity contribution in [1.82, 2.24) is 14.3 Å². The van der Waals surface area contributed by atoms with E-state index in [9.17, 15) is 4.79 Å². The number of rotatable bonds is 5. The van der Waals surface area contributed by atoms with Crippen molar-refractivity contribution in [3.8, 4) is 5.75 Å². The smallest absolute Gasteiger partial charge is 0.273 e. The summed E-state index contributed by atoms with van der Waals surface area (Å²) >= 11 is 0. The predicted octanol–water partition coefficient (Wildman–Crippen LogP) is 2.79. The number of hydrogen-bond acceptors (Lipinski definition) is 3. The number of likely N-dealkylation sites (N-methyl/N-ethyl adjacent to an activating group) is 1. The molecular formula is C18H19N3O2. The second-order valence-corrected chi connectivity index (χ2v) is 5.41. The molecule has 0 aliphatic rings. The van der Waals surface area contributed by atoms with Crippen molar-refractivity contribution >= 4 is 11.6 Å². The highest BCUT2D eigenvalue weighted by molar-refractivity contribution is 5.92. The van der Waals surface area contributed by atoms with Gasteiger partial charge in [-0.1, -0.05) is 24.3 Å². The standard InChI is InChI=1S/C18H19N3O2/c1-14-7-6-10-17-19-16(13-21(14)17)18(22)20(2)11-12-23-15-8-4-3-5-9-15/h3-10,13H,11-12H2,1-2H3. The molecule has 5 heteroatoms. The van der Waals surface area contributed by atoms with Crippen molar-refractivity contribution in [3.63, 3.8) is 0 Å². The Bertz CT molecular complexity index is 812. The Morgan fingerprint density at radius 1 is 1.17 bits per heavy atom. The fourth-order valence-corrected chi connectivity index (χ4v) is 2.37. The van der Waals surface area contributed by atoms with Gasteiger partial charge in [-0.2, -0.15) is 0 Å². The fraction of sp³-hybridized carbons (Fsp3) is 0.222. The summed E-state index contributed by atoms with van der Waals surface area (Å²) in [6, 6.07) is 15.4. The first kappa shape index (κ1) is 15.1. The Kier molecular flexibility index (Phi) is 4.28. The van der Waals surface area contributed by atoms with Gasteiger partial charge >= 0.3 is 0 Å².